The number of thiazole rings is 1. The molecule has 0 bridgehead atoms. The summed E-state index contributed by atoms with van der Waals surface area (Å²) < 4.78 is 18.4. The summed E-state index contributed by atoms with van der Waals surface area (Å²) in [6.07, 6.45) is -1.16. The number of hydrogen-bond acceptors (Lipinski definition) is 7. The Morgan fingerprint density at radius 1 is 1.09 bits per heavy atom. The fourth-order valence-corrected chi connectivity index (χ4v) is 4.79. The van der Waals surface area contributed by atoms with Crippen molar-refractivity contribution >= 4 is 45.0 Å². The van der Waals surface area contributed by atoms with Gasteiger partial charge in [0.2, 0.25) is 6.10 Å². The van der Waals surface area contributed by atoms with Crippen molar-refractivity contribution in [3.8, 4) is 17.2 Å². The van der Waals surface area contributed by atoms with Gasteiger partial charge in [0.1, 0.15) is 11.9 Å². The number of hydrogen-bond donors (Lipinski definition) is 0. The van der Waals surface area contributed by atoms with E-state index in [1.165, 1.54) is 11.3 Å². The van der Waals surface area contributed by atoms with Crippen molar-refractivity contribution in [2.45, 2.75) is 33.0 Å². The second-order valence-corrected chi connectivity index (χ2v) is 8.66. The first-order chi connectivity index (χ1) is 15.5. The molecule has 1 amide bonds. The van der Waals surface area contributed by atoms with Crippen molar-refractivity contribution in [2.24, 2.45) is 0 Å². The Balaban J connectivity index is 0.00000306. The third-order valence-electron chi connectivity index (χ3n) is 5.70. The SMILES string of the molecule is CCN(CC)CCN(C(=O)C1Oc2ccccc2OC1C)c1nc2ccc(OC)cc2s1.Cl. The van der Waals surface area contributed by atoms with Gasteiger partial charge in [0.15, 0.2) is 16.6 Å². The second-order valence-electron chi connectivity index (χ2n) is 7.66. The molecule has 2 aromatic carbocycles. The Labute approximate surface area is 204 Å². The van der Waals surface area contributed by atoms with Gasteiger partial charge >= 0.3 is 0 Å². The standard InChI is InChI=1S/C24H29N3O4S.ClH/c1-5-26(6-2)13-14-27(24-25-18-12-11-17(29-4)15-21(18)32-24)23(28)22-16(3)30-19-9-7-8-10-20(19)31-22;/h7-12,15-16,22H,5-6,13-14H2,1-4H3;1H. The van der Waals surface area contributed by atoms with Gasteiger partial charge in [-0.3, -0.25) is 9.69 Å². The summed E-state index contributed by atoms with van der Waals surface area (Å²) >= 11 is 1.48. The molecule has 1 aliphatic rings. The fourth-order valence-electron chi connectivity index (χ4n) is 3.76. The number of anilines is 1. The Morgan fingerprint density at radius 2 is 1.79 bits per heavy atom. The lowest BCUT2D eigenvalue weighted by atomic mass is 10.1. The van der Waals surface area contributed by atoms with Gasteiger partial charge in [-0.05, 0) is 50.3 Å². The number of aromatic nitrogens is 1. The maximum atomic E-state index is 13.8. The van der Waals surface area contributed by atoms with Crippen LogP contribution in [0.1, 0.15) is 20.8 Å². The molecule has 0 aliphatic carbocycles. The van der Waals surface area contributed by atoms with Gasteiger partial charge in [0.25, 0.3) is 5.91 Å². The molecular weight excluding hydrogens is 462 g/mol. The lowest BCUT2D eigenvalue weighted by molar-refractivity contribution is -0.130. The van der Waals surface area contributed by atoms with E-state index >= 15 is 0 Å². The zero-order chi connectivity index (χ0) is 22.7. The van der Waals surface area contributed by atoms with Gasteiger partial charge in [0.05, 0.1) is 17.3 Å². The van der Waals surface area contributed by atoms with E-state index in [9.17, 15) is 4.79 Å². The number of para-hydroxylation sites is 2. The van der Waals surface area contributed by atoms with Crippen LogP contribution < -0.4 is 19.1 Å². The summed E-state index contributed by atoms with van der Waals surface area (Å²) in [6.45, 7) is 9.21. The van der Waals surface area contributed by atoms with Crippen molar-refractivity contribution in [3.05, 3.63) is 42.5 Å². The van der Waals surface area contributed by atoms with Crippen LogP contribution in [0.15, 0.2) is 42.5 Å². The predicted molar refractivity (Wildman–Crippen MR) is 135 cm³/mol. The molecule has 2 heterocycles. The number of likely N-dealkylation sites (N-methyl/N-ethyl adjacent to an activating group) is 1. The Hall–Kier alpha value is -2.55. The van der Waals surface area contributed by atoms with Crippen molar-refractivity contribution in [2.75, 3.05) is 38.2 Å². The molecule has 0 fully saturated rings. The predicted octanol–water partition coefficient (Wildman–Crippen LogP) is 4.63. The molecule has 0 saturated heterocycles. The number of rotatable bonds is 8. The highest BCUT2D eigenvalue weighted by Gasteiger charge is 2.38. The first kappa shape index (κ1) is 25.1. The van der Waals surface area contributed by atoms with Crippen LogP contribution in [0.5, 0.6) is 17.2 Å². The summed E-state index contributed by atoms with van der Waals surface area (Å²) in [5, 5.41) is 0.653. The minimum absolute atomic E-state index is 0. The summed E-state index contributed by atoms with van der Waals surface area (Å²) in [4.78, 5) is 22.5. The van der Waals surface area contributed by atoms with Crippen LogP contribution in [0.3, 0.4) is 0 Å². The third-order valence-corrected chi connectivity index (χ3v) is 6.74. The number of carbonyl (C=O) groups excluding carboxylic acids is 1. The van der Waals surface area contributed by atoms with Gasteiger partial charge in [-0.15, -0.1) is 12.4 Å². The molecule has 1 aromatic heterocycles. The third kappa shape index (κ3) is 5.34. The first-order valence-corrected chi connectivity index (χ1v) is 11.8. The quantitative estimate of drug-likeness (QED) is 0.457. The van der Waals surface area contributed by atoms with Crippen LogP contribution in [-0.4, -0.2) is 61.3 Å². The Kier molecular flexibility index (Phi) is 8.40. The van der Waals surface area contributed by atoms with E-state index in [0.29, 0.717) is 23.2 Å². The number of benzene rings is 2. The molecule has 9 heteroatoms. The van der Waals surface area contributed by atoms with E-state index < -0.39 is 12.2 Å². The summed E-state index contributed by atoms with van der Waals surface area (Å²) in [5.74, 6) is 1.86. The maximum absolute atomic E-state index is 13.8. The molecule has 178 valence electrons. The van der Waals surface area contributed by atoms with Crippen LogP contribution in [0.25, 0.3) is 10.2 Å². The van der Waals surface area contributed by atoms with E-state index in [1.54, 1.807) is 12.0 Å². The number of halogens is 1. The number of fused-ring (bicyclic) bond motifs is 2. The normalized spacial score (nSPS) is 17.0. The number of nitrogens with zero attached hydrogens (tertiary/aromatic N) is 3. The van der Waals surface area contributed by atoms with E-state index in [2.05, 4.69) is 18.7 Å². The highest BCUT2D eigenvalue weighted by atomic mass is 35.5. The Bertz CT molecular complexity index is 1090. The monoisotopic (exact) mass is 491 g/mol. The number of methoxy groups -OCH3 is 1. The van der Waals surface area contributed by atoms with Gasteiger partial charge in [0, 0.05) is 13.1 Å². The smallest absolute Gasteiger partial charge is 0.273 e. The molecule has 33 heavy (non-hydrogen) atoms. The highest BCUT2D eigenvalue weighted by Crippen LogP contribution is 2.36. The Morgan fingerprint density at radius 3 is 2.45 bits per heavy atom. The average Bonchev–Trinajstić information content (AvgIpc) is 3.24. The van der Waals surface area contributed by atoms with Crippen molar-refractivity contribution in [1.29, 1.82) is 0 Å². The molecule has 2 unspecified atom stereocenters. The maximum Gasteiger partial charge on any atom is 0.273 e. The number of ether oxygens (including phenoxy) is 3. The molecule has 0 N–H and O–H groups in total. The van der Waals surface area contributed by atoms with Gasteiger partial charge in [-0.1, -0.05) is 37.3 Å². The lowest BCUT2D eigenvalue weighted by Crippen LogP contribution is -2.52. The molecule has 7 nitrogen and oxygen atoms in total. The average molecular weight is 492 g/mol. The summed E-state index contributed by atoms with van der Waals surface area (Å²) in [6, 6.07) is 13.2. The van der Waals surface area contributed by atoms with E-state index in [4.69, 9.17) is 19.2 Å². The zero-order valence-electron chi connectivity index (χ0n) is 19.3. The molecule has 3 aromatic rings. The van der Waals surface area contributed by atoms with Crippen LogP contribution in [0, 0.1) is 0 Å². The van der Waals surface area contributed by atoms with Crippen LogP contribution in [0.2, 0.25) is 0 Å². The molecule has 1 aliphatic heterocycles. The van der Waals surface area contributed by atoms with Crippen molar-refractivity contribution < 1.29 is 19.0 Å². The van der Waals surface area contributed by atoms with E-state index in [0.717, 1.165) is 35.6 Å². The molecule has 0 saturated carbocycles. The van der Waals surface area contributed by atoms with Crippen LogP contribution >= 0.6 is 23.7 Å². The van der Waals surface area contributed by atoms with Crippen LogP contribution in [-0.2, 0) is 4.79 Å². The van der Waals surface area contributed by atoms with Crippen molar-refractivity contribution in [3.63, 3.8) is 0 Å². The molecule has 4 rings (SSSR count). The topological polar surface area (TPSA) is 64.1 Å². The number of carbonyl (C=O) groups is 1. The minimum atomic E-state index is -0.747. The summed E-state index contributed by atoms with van der Waals surface area (Å²) in [5.41, 5.74) is 0.839. The van der Waals surface area contributed by atoms with Crippen LogP contribution in [0.4, 0.5) is 5.13 Å². The molecule has 0 radical (unpaired) electrons. The largest absolute Gasteiger partial charge is 0.497 e. The van der Waals surface area contributed by atoms with Gasteiger partial charge in [-0.25, -0.2) is 4.98 Å². The second kappa shape index (κ2) is 11.0. The minimum Gasteiger partial charge on any atom is -0.497 e. The van der Waals surface area contributed by atoms with Gasteiger partial charge in [-0.2, -0.15) is 0 Å². The van der Waals surface area contributed by atoms with E-state index in [1.807, 2.05) is 49.4 Å². The molecular formula is C24H30ClN3O4S. The summed E-state index contributed by atoms with van der Waals surface area (Å²) in [7, 11) is 1.64. The molecule has 2 atom stereocenters. The van der Waals surface area contributed by atoms with Gasteiger partial charge < -0.3 is 19.1 Å². The van der Waals surface area contributed by atoms with E-state index in [-0.39, 0.29) is 18.3 Å². The van der Waals surface area contributed by atoms with Crippen molar-refractivity contribution in [1.82, 2.24) is 9.88 Å². The molecule has 0 spiro atoms. The highest BCUT2D eigenvalue weighted by molar-refractivity contribution is 7.22. The first-order valence-electron chi connectivity index (χ1n) is 10.9. The zero-order valence-corrected chi connectivity index (χ0v) is 20.9. The fraction of sp³-hybridized carbons (Fsp3) is 0.417. The number of amides is 1. The lowest BCUT2D eigenvalue weighted by Gasteiger charge is -2.34.